The maximum absolute atomic E-state index is 13.0. The maximum Gasteiger partial charge on any atom is 0.343 e. The number of para-hydroxylation sites is 1. The van der Waals surface area contributed by atoms with Crippen LogP contribution >= 0.6 is 23.2 Å². The van der Waals surface area contributed by atoms with Gasteiger partial charge in [-0.3, -0.25) is 9.59 Å². The standard InChI is InChI=1S/C27H22Cl2N2O4/c1-2-3-6-17-9-15-20(16-10-17)31-25(32)23(29)24(26(31)33)30-19-13-11-18(12-14-19)27(34)35-22-8-5-4-7-21(22)28/h4-5,7-16,30H,2-3,6H2,1H3. The van der Waals surface area contributed by atoms with Crippen LogP contribution in [0.5, 0.6) is 5.75 Å². The summed E-state index contributed by atoms with van der Waals surface area (Å²) < 4.78 is 5.32. The quantitative estimate of drug-likeness (QED) is 0.218. The fourth-order valence-electron chi connectivity index (χ4n) is 3.56. The Morgan fingerprint density at radius 3 is 2.26 bits per heavy atom. The molecule has 2 amide bonds. The van der Waals surface area contributed by atoms with Crippen LogP contribution in [0.25, 0.3) is 0 Å². The Kier molecular flexibility index (Phi) is 7.54. The molecule has 0 fully saturated rings. The van der Waals surface area contributed by atoms with Crippen LogP contribution < -0.4 is 15.0 Å². The lowest BCUT2D eigenvalue weighted by molar-refractivity contribution is -0.120. The van der Waals surface area contributed by atoms with Gasteiger partial charge in [-0.2, -0.15) is 0 Å². The van der Waals surface area contributed by atoms with Crippen molar-refractivity contribution >= 4 is 52.4 Å². The number of hydrogen-bond acceptors (Lipinski definition) is 5. The first-order valence-electron chi connectivity index (χ1n) is 11.1. The van der Waals surface area contributed by atoms with Crippen molar-refractivity contribution in [1.29, 1.82) is 0 Å². The van der Waals surface area contributed by atoms with E-state index in [1.807, 2.05) is 12.1 Å². The molecule has 178 valence electrons. The fraction of sp³-hybridized carbons (Fsp3) is 0.148. The highest BCUT2D eigenvalue weighted by atomic mass is 35.5. The molecule has 0 radical (unpaired) electrons. The van der Waals surface area contributed by atoms with Crippen molar-refractivity contribution in [3.8, 4) is 5.75 Å². The van der Waals surface area contributed by atoms with Crippen molar-refractivity contribution in [2.45, 2.75) is 26.2 Å². The Hall–Kier alpha value is -3.61. The zero-order valence-electron chi connectivity index (χ0n) is 18.9. The van der Waals surface area contributed by atoms with Gasteiger partial charge in [-0.05, 0) is 66.9 Å². The average Bonchev–Trinajstić information content (AvgIpc) is 3.08. The summed E-state index contributed by atoms with van der Waals surface area (Å²) in [4.78, 5) is 39.2. The second-order valence-corrected chi connectivity index (χ2v) is 8.71. The van der Waals surface area contributed by atoms with E-state index in [4.69, 9.17) is 27.9 Å². The van der Waals surface area contributed by atoms with Gasteiger partial charge in [-0.25, -0.2) is 9.69 Å². The number of halogens is 2. The number of unbranched alkanes of at least 4 members (excludes halogenated alkanes) is 1. The van der Waals surface area contributed by atoms with Gasteiger partial charge in [0.25, 0.3) is 11.8 Å². The molecule has 0 atom stereocenters. The molecule has 0 spiro atoms. The molecule has 4 rings (SSSR count). The zero-order valence-corrected chi connectivity index (χ0v) is 20.4. The second kappa shape index (κ2) is 10.8. The molecule has 3 aromatic rings. The van der Waals surface area contributed by atoms with Crippen LogP contribution in [-0.4, -0.2) is 17.8 Å². The SMILES string of the molecule is CCCCc1ccc(N2C(=O)C(Cl)=C(Nc3ccc(C(=O)Oc4ccccc4Cl)cc3)C2=O)cc1. The van der Waals surface area contributed by atoms with Crippen LogP contribution in [0.4, 0.5) is 11.4 Å². The predicted octanol–water partition coefficient (Wildman–Crippen LogP) is 6.34. The van der Waals surface area contributed by atoms with Crippen molar-refractivity contribution in [1.82, 2.24) is 0 Å². The van der Waals surface area contributed by atoms with Gasteiger partial charge >= 0.3 is 5.97 Å². The zero-order chi connectivity index (χ0) is 24.9. The minimum Gasteiger partial charge on any atom is -0.421 e. The molecule has 0 saturated carbocycles. The van der Waals surface area contributed by atoms with E-state index >= 15 is 0 Å². The van der Waals surface area contributed by atoms with Crippen molar-refractivity contribution in [2.24, 2.45) is 0 Å². The Bertz CT molecular complexity index is 1300. The molecule has 6 nitrogen and oxygen atoms in total. The third-order valence-electron chi connectivity index (χ3n) is 5.47. The van der Waals surface area contributed by atoms with Gasteiger partial charge in [0.15, 0.2) is 0 Å². The van der Waals surface area contributed by atoms with Crippen molar-refractivity contribution in [3.05, 3.63) is 99.7 Å². The first-order valence-corrected chi connectivity index (χ1v) is 11.9. The van der Waals surface area contributed by atoms with Gasteiger partial charge in [0.2, 0.25) is 0 Å². The number of esters is 1. The number of hydrogen-bond donors (Lipinski definition) is 1. The van der Waals surface area contributed by atoms with Gasteiger partial charge < -0.3 is 10.1 Å². The minimum atomic E-state index is -0.597. The highest BCUT2D eigenvalue weighted by Gasteiger charge is 2.38. The third kappa shape index (κ3) is 5.39. The molecule has 1 aliphatic rings. The summed E-state index contributed by atoms with van der Waals surface area (Å²) in [5, 5.41) is 3.02. The van der Waals surface area contributed by atoms with Gasteiger partial charge in [0.1, 0.15) is 16.5 Å². The Morgan fingerprint density at radius 2 is 1.60 bits per heavy atom. The summed E-state index contributed by atoms with van der Waals surface area (Å²) in [5.41, 5.74) is 2.32. The summed E-state index contributed by atoms with van der Waals surface area (Å²) in [7, 11) is 0. The van der Waals surface area contributed by atoms with E-state index in [2.05, 4.69) is 12.2 Å². The van der Waals surface area contributed by atoms with Crippen LogP contribution in [0, 0.1) is 0 Å². The highest BCUT2D eigenvalue weighted by molar-refractivity contribution is 6.53. The minimum absolute atomic E-state index is 0.0295. The van der Waals surface area contributed by atoms with Crippen molar-refractivity contribution in [3.63, 3.8) is 0 Å². The summed E-state index contributed by atoms with van der Waals surface area (Å²) in [6.45, 7) is 2.12. The van der Waals surface area contributed by atoms with Crippen molar-refractivity contribution in [2.75, 3.05) is 10.2 Å². The number of rotatable bonds is 8. The van der Waals surface area contributed by atoms with Crippen LogP contribution in [0.15, 0.2) is 83.5 Å². The second-order valence-electron chi connectivity index (χ2n) is 7.93. The van der Waals surface area contributed by atoms with E-state index in [0.717, 1.165) is 29.7 Å². The lowest BCUT2D eigenvalue weighted by Crippen LogP contribution is -2.32. The number of amides is 2. The van der Waals surface area contributed by atoms with Crippen LogP contribution in [0.1, 0.15) is 35.7 Å². The largest absolute Gasteiger partial charge is 0.421 e. The molecule has 1 aliphatic heterocycles. The Labute approximate surface area is 213 Å². The maximum atomic E-state index is 13.0. The smallest absolute Gasteiger partial charge is 0.343 e. The number of nitrogens with zero attached hydrogens (tertiary/aromatic N) is 1. The fourth-order valence-corrected chi connectivity index (χ4v) is 3.95. The van der Waals surface area contributed by atoms with E-state index in [1.165, 1.54) is 12.1 Å². The van der Waals surface area contributed by atoms with E-state index in [1.54, 1.807) is 48.5 Å². The molecule has 1 N–H and O–H groups in total. The number of anilines is 2. The number of ether oxygens (including phenoxy) is 1. The number of imide groups is 1. The molecule has 0 aliphatic carbocycles. The van der Waals surface area contributed by atoms with Gasteiger partial charge in [-0.1, -0.05) is 60.8 Å². The molecular weight excluding hydrogens is 487 g/mol. The average molecular weight is 509 g/mol. The number of aryl methyl sites for hydroxylation is 1. The van der Waals surface area contributed by atoms with Gasteiger partial charge in [-0.15, -0.1) is 0 Å². The van der Waals surface area contributed by atoms with Gasteiger partial charge in [0, 0.05) is 5.69 Å². The molecule has 3 aromatic carbocycles. The van der Waals surface area contributed by atoms with Crippen LogP contribution in [0.2, 0.25) is 5.02 Å². The number of carbonyl (C=O) groups excluding carboxylic acids is 3. The van der Waals surface area contributed by atoms with Gasteiger partial charge in [0.05, 0.1) is 16.3 Å². The molecular formula is C27H22Cl2N2O4. The number of carbonyl (C=O) groups is 3. The van der Waals surface area contributed by atoms with E-state index in [9.17, 15) is 14.4 Å². The van der Waals surface area contributed by atoms with E-state index in [0.29, 0.717) is 16.4 Å². The molecule has 0 unspecified atom stereocenters. The van der Waals surface area contributed by atoms with Crippen LogP contribution in [0.3, 0.4) is 0 Å². The Morgan fingerprint density at radius 1 is 0.914 bits per heavy atom. The van der Waals surface area contributed by atoms with Crippen molar-refractivity contribution < 1.29 is 19.1 Å². The summed E-state index contributed by atoms with van der Waals surface area (Å²) in [5.74, 6) is -1.47. The third-order valence-corrected chi connectivity index (χ3v) is 6.13. The topological polar surface area (TPSA) is 75.7 Å². The summed E-state index contributed by atoms with van der Waals surface area (Å²) in [6.07, 6.45) is 3.09. The predicted molar refractivity (Wildman–Crippen MR) is 137 cm³/mol. The van der Waals surface area contributed by atoms with E-state index in [-0.39, 0.29) is 22.0 Å². The lowest BCUT2D eigenvalue weighted by atomic mass is 10.1. The number of benzene rings is 3. The highest BCUT2D eigenvalue weighted by Crippen LogP contribution is 2.31. The van der Waals surface area contributed by atoms with Crippen LogP contribution in [-0.2, 0) is 16.0 Å². The molecule has 0 aromatic heterocycles. The first kappa shape index (κ1) is 24.5. The molecule has 1 heterocycles. The lowest BCUT2D eigenvalue weighted by Gasteiger charge is -2.15. The normalized spacial score (nSPS) is 13.4. The molecule has 35 heavy (non-hydrogen) atoms. The number of nitrogens with one attached hydrogen (secondary N) is 1. The first-order chi connectivity index (χ1) is 16.9. The summed E-state index contributed by atoms with van der Waals surface area (Å²) >= 11 is 12.3. The molecule has 0 bridgehead atoms. The molecule has 0 saturated heterocycles. The molecule has 8 heteroatoms. The van der Waals surface area contributed by atoms with E-state index < -0.39 is 17.8 Å². The summed E-state index contributed by atoms with van der Waals surface area (Å²) in [6, 6.07) is 20.2. The Balaban J connectivity index is 1.45. The monoisotopic (exact) mass is 508 g/mol.